The number of carbonyl (C=O) groups is 2. The summed E-state index contributed by atoms with van der Waals surface area (Å²) in [5.41, 5.74) is 2.15. The smallest absolute Gasteiger partial charge is 0.326 e. The Morgan fingerprint density at radius 2 is 2.12 bits per heavy atom. The van der Waals surface area contributed by atoms with Crippen LogP contribution in [-0.4, -0.2) is 33.2 Å². The molecule has 2 aromatic rings. The topological polar surface area (TPSA) is 105 Å². The van der Waals surface area contributed by atoms with Crippen LogP contribution in [0.4, 0.5) is 0 Å². The monoisotopic (exact) mass is 329 g/mol. The zero-order valence-corrected chi connectivity index (χ0v) is 13.4. The van der Waals surface area contributed by atoms with Crippen molar-refractivity contribution in [2.24, 2.45) is 5.92 Å². The molecule has 2 fully saturated rings. The first-order valence-electron chi connectivity index (χ1n) is 8.33. The number of fused-ring (bicyclic) bond motifs is 1. The average molecular weight is 329 g/mol. The van der Waals surface area contributed by atoms with Crippen LogP contribution in [-0.2, 0) is 4.79 Å². The van der Waals surface area contributed by atoms with Gasteiger partial charge in [0.1, 0.15) is 6.04 Å². The lowest BCUT2D eigenvalue weighted by Gasteiger charge is -2.15. The summed E-state index contributed by atoms with van der Waals surface area (Å²) >= 11 is 0. The van der Waals surface area contributed by atoms with Crippen LogP contribution in [0, 0.1) is 12.8 Å². The molecular formula is C17H19N3O4. The van der Waals surface area contributed by atoms with Gasteiger partial charge in [0.25, 0.3) is 11.6 Å². The van der Waals surface area contributed by atoms with Crippen molar-refractivity contribution < 1.29 is 19.2 Å². The highest BCUT2D eigenvalue weighted by Crippen LogP contribution is 2.40. The number of nitrogens with zero attached hydrogens (tertiary/aromatic N) is 2. The summed E-state index contributed by atoms with van der Waals surface area (Å²) in [4.78, 5) is 28.6. The maximum atomic E-state index is 12.7. The predicted octanol–water partition coefficient (Wildman–Crippen LogP) is 2.39. The molecule has 0 saturated heterocycles. The maximum absolute atomic E-state index is 12.7. The first-order chi connectivity index (χ1) is 11.5. The number of rotatable bonds is 6. The molecule has 2 heterocycles. The van der Waals surface area contributed by atoms with E-state index in [-0.39, 0.29) is 0 Å². The normalized spacial score (nSPS) is 18.5. The maximum Gasteiger partial charge on any atom is 0.326 e. The molecule has 1 unspecified atom stereocenters. The number of aryl methyl sites for hydroxylation is 1. The quantitative estimate of drug-likeness (QED) is 0.843. The van der Waals surface area contributed by atoms with Gasteiger partial charge in [-0.1, -0.05) is 18.0 Å². The van der Waals surface area contributed by atoms with Gasteiger partial charge >= 0.3 is 5.97 Å². The fourth-order valence-electron chi connectivity index (χ4n) is 3.03. The lowest BCUT2D eigenvalue weighted by Crippen LogP contribution is -2.41. The Hall–Kier alpha value is -2.44. The molecule has 1 atom stereocenters. The molecule has 1 amide bonds. The van der Waals surface area contributed by atoms with Gasteiger partial charge in [0.15, 0.2) is 0 Å². The Morgan fingerprint density at radius 3 is 2.75 bits per heavy atom. The van der Waals surface area contributed by atoms with Gasteiger partial charge in [-0.3, -0.25) is 4.79 Å². The van der Waals surface area contributed by atoms with Crippen LogP contribution in [0.5, 0.6) is 0 Å². The second-order valence-corrected chi connectivity index (χ2v) is 6.86. The molecule has 0 spiro atoms. The summed E-state index contributed by atoms with van der Waals surface area (Å²) in [6, 6.07) is 0.896. The summed E-state index contributed by atoms with van der Waals surface area (Å²) in [6.45, 7) is 1.75. The van der Waals surface area contributed by atoms with E-state index in [2.05, 4.69) is 15.5 Å². The van der Waals surface area contributed by atoms with Crippen LogP contribution in [0.3, 0.4) is 0 Å². The van der Waals surface area contributed by atoms with Crippen molar-refractivity contribution in [2.75, 3.05) is 0 Å². The Morgan fingerprint density at radius 1 is 1.38 bits per heavy atom. The summed E-state index contributed by atoms with van der Waals surface area (Å²) in [7, 11) is 0. The molecule has 2 aliphatic carbocycles. The molecule has 0 aliphatic heterocycles. The molecule has 0 radical (unpaired) electrons. The van der Waals surface area contributed by atoms with Crippen LogP contribution in [0.1, 0.15) is 59.8 Å². The van der Waals surface area contributed by atoms with E-state index >= 15 is 0 Å². The molecule has 0 bridgehead atoms. The third kappa shape index (κ3) is 2.86. The van der Waals surface area contributed by atoms with Crippen LogP contribution >= 0.6 is 0 Å². The molecule has 0 aromatic carbocycles. The van der Waals surface area contributed by atoms with Crippen molar-refractivity contribution in [3.63, 3.8) is 0 Å². The third-order valence-corrected chi connectivity index (χ3v) is 4.75. The van der Waals surface area contributed by atoms with Gasteiger partial charge in [0.05, 0.1) is 16.6 Å². The number of carboxylic acids is 1. The number of amides is 1. The van der Waals surface area contributed by atoms with E-state index < -0.39 is 17.9 Å². The first-order valence-corrected chi connectivity index (χ1v) is 8.33. The van der Waals surface area contributed by atoms with Gasteiger partial charge in [0, 0.05) is 11.6 Å². The molecular weight excluding hydrogens is 310 g/mol. The number of aliphatic carboxylic acids is 1. The van der Waals surface area contributed by atoms with E-state index in [4.69, 9.17) is 4.52 Å². The van der Waals surface area contributed by atoms with E-state index in [0.717, 1.165) is 31.4 Å². The Labute approximate surface area is 138 Å². The Kier molecular flexibility index (Phi) is 3.51. The number of carbonyl (C=O) groups excluding carboxylic acids is 1. The van der Waals surface area contributed by atoms with Crippen LogP contribution in [0.15, 0.2) is 10.6 Å². The second-order valence-electron chi connectivity index (χ2n) is 6.86. The largest absolute Gasteiger partial charge is 0.480 e. The third-order valence-electron chi connectivity index (χ3n) is 4.75. The minimum Gasteiger partial charge on any atom is -0.480 e. The summed E-state index contributed by atoms with van der Waals surface area (Å²) in [5, 5.41) is 16.5. The van der Waals surface area contributed by atoms with Crippen LogP contribution in [0.25, 0.3) is 11.1 Å². The SMILES string of the molecule is Cc1noc2nc(C3CC3)cc(C(=O)NC(CC3CC3)C(=O)O)c12. The predicted molar refractivity (Wildman–Crippen MR) is 84.7 cm³/mol. The second kappa shape index (κ2) is 5.58. The van der Waals surface area contributed by atoms with Gasteiger partial charge in [-0.05, 0) is 38.2 Å². The standard InChI is InChI=1S/C17H19N3O4/c1-8-14-11(7-12(10-4-5-10)19-16(14)24-20-8)15(21)18-13(17(22)23)6-9-2-3-9/h7,9-10,13H,2-6H2,1H3,(H,18,21)(H,22,23). The van der Waals surface area contributed by atoms with Crippen molar-refractivity contribution in [1.29, 1.82) is 0 Å². The molecule has 2 aromatic heterocycles. The van der Waals surface area contributed by atoms with Gasteiger partial charge in [-0.25, -0.2) is 9.78 Å². The fourth-order valence-corrected chi connectivity index (χ4v) is 3.03. The number of hydrogen-bond acceptors (Lipinski definition) is 5. The molecule has 126 valence electrons. The first kappa shape index (κ1) is 15.1. The molecule has 2 saturated carbocycles. The molecule has 7 heteroatoms. The minimum absolute atomic E-state index is 0.344. The van der Waals surface area contributed by atoms with Gasteiger partial charge in [-0.2, -0.15) is 0 Å². The minimum atomic E-state index is -0.995. The average Bonchev–Trinajstić information content (AvgIpc) is 3.45. The van der Waals surface area contributed by atoms with Crippen molar-refractivity contribution in [3.8, 4) is 0 Å². The summed E-state index contributed by atoms with van der Waals surface area (Å²) in [6.07, 6.45) is 4.65. The van der Waals surface area contributed by atoms with Gasteiger partial charge in [0.2, 0.25) is 0 Å². The number of pyridine rings is 1. The zero-order chi connectivity index (χ0) is 16.8. The molecule has 2 aliphatic rings. The lowest BCUT2D eigenvalue weighted by molar-refractivity contribution is -0.139. The van der Waals surface area contributed by atoms with E-state index in [1.807, 2.05) is 0 Å². The van der Waals surface area contributed by atoms with Crippen molar-refractivity contribution >= 4 is 23.0 Å². The molecule has 24 heavy (non-hydrogen) atoms. The van der Waals surface area contributed by atoms with Crippen molar-refractivity contribution in [3.05, 3.63) is 23.0 Å². The van der Waals surface area contributed by atoms with Crippen LogP contribution in [0.2, 0.25) is 0 Å². The summed E-state index contributed by atoms with van der Waals surface area (Å²) in [5.74, 6) is -0.634. The lowest BCUT2D eigenvalue weighted by atomic mass is 10.1. The van der Waals surface area contributed by atoms with E-state index in [9.17, 15) is 14.7 Å². The molecule has 7 nitrogen and oxygen atoms in total. The number of nitrogens with one attached hydrogen (secondary N) is 1. The van der Waals surface area contributed by atoms with Gasteiger partial charge in [-0.15, -0.1) is 0 Å². The Bertz CT molecular complexity index is 821. The van der Waals surface area contributed by atoms with E-state index in [1.165, 1.54) is 0 Å². The van der Waals surface area contributed by atoms with E-state index in [0.29, 0.717) is 40.6 Å². The fraction of sp³-hybridized carbons (Fsp3) is 0.529. The number of carboxylic acid groups (broad SMARTS) is 1. The molecule has 2 N–H and O–H groups in total. The van der Waals surface area contributed by atoms with Crippen LogP contribution < -0.4 is 5.32 Å². The van der Waals surface area contributed by atoms with Crippen molar-refractivity contribution in [2.45, 2.75) is 51.0 Å². The summed E-state index contributed by atoms with van der Waals surface area (Å²) < 4.78 is 5.23. The van der Waals surface area contributed by atoms with Crippen molar-refractivity contribution in [1.82, 2.24) is 15.5 Å². The highest BCUT2D eigenvalue weighted by molar-refractivity contribution is 6.07. The highest BCUT2D eigenvalue weighted by atomic mass is 16.5. The van der Waals surface area contributed by atoms with Gasteiger partial charge < -0.3 is 14.9 Å². The number of aromatic nitrogens is 2. The van der Waals surface area contributed by atoms with E-state index in [1.54, 1.807) is 13.0 Å². The molecule has 4 rings (SSSR count). The highest BCUT2D eigenvalue weighted by Gasteiger charge is 2.32. The Balaban J connectivity index is 1.66. The zero-order valence-electron chi connectivity index (χ0n) is 13.4. The number of hydrogen-bond donors (Lipinski definition) is 2.